The molecule has 2 rings (SSSR count). The quantitative estimate of drug-likeness (QED) is 0.748. The molecule has 3 heteroatoms. The van der Waals surface area contributed by atoms with Gasteiger partial charge in [-0.2, -0.15) is 0 Å². The number of hydrogen-bond donors (Lipinski definition) is 1. The minimum atomic E-state index is 0.0668. The number of aliphatic hydroxyl groups is 1. The Labute approximate surface area is 76.2 Å². The van der Waals surface area contributed by atoms with E-state index in [4.69, 9.17) is 14.6 Å². The Balaban J connectivity index is 2.18. The van der Waals surface area contributed by atoms with Gasteiger partial charge in [-0.25, -0.2) is 0 Å². The lowest BCUT2D eigenvalue weighted by Gasteiger charge is -2.17. The first kappa shape index (κ1) is 8.13. The van der Waals surface area contributed by atoms with E-state index in [1.807, 2.05) is 24.3 Å². The normalized spacial score (nSPS) is 13.8. The zero-order valence-corrected chi connectivity index (χ0v) is 7.06. The number of benzene rings is 1. The summed E-state index contributed by atoms with van der Waals surface area (Å²) < 4.78 is 10.7. The van der Waals surface area contributed by atoms with E-state index in [0.717, 1.165) is 0 Å². The Hall–Kier alpha value is -1.48. The van der Waals surface area contributed by atoms with Gasteiger partial charge in [-0.05, 0) is 12.1 Å². The van der Waals surface area contributed by atoms with E-state index in [9.17, 15) is 0 Å². The fourth-order valence-electron chi connectivity index (χ4n) is 1.15. The highest BCUT2D eigenvalue weighted by atomic mass is 16.6. The van der Waals surface area contributed by atoms with Crippen LogP contribution in [0.4, 0.5) is 0 Å². The number of ether oxygens (including phenoxy) is 2. The van der Waals surface area contributed by atoms with Crippen LogP contribution in [0.3, 0.4) is 0 Å². The minimum Gasteiger partial charge on any atom is -0.458 e. The molecule has 0 spiro atoms. The molecule has 0 radical (unpaired) electrons. The first-order valence-corrected chi connectivity index (χ1v) is 4.13. The van der Waals surface area contributed by atoms with Crippen LogP contribution in [-0.2, 0) is 0 Å². The van der Waals surface area contributed by atoms with Crippen molar-refractivity contribution in [2.45, 2.75) is 6.42 Å². The SMILES string of the molecule is OCCC1=COc2ccccc2O1. The first-order chi connectivity index (χ1) is 6.40. The molecule has 13 heavy (non-hydrogen) atoms. The van der Waals surface area contributed by atoms with E-state index in [0.29, 0.717) is 23.7 Å². The summed E-state index contributed by atoms with van der Waals surface area (Å²) in [4.78, 5) is 0. The second kappa shape index (κ2) is 3.49. The summed E-state index contributed by atoms with van der Waals surface area (Å²) in [5.74, 6) is 2.07. The van der Waals surface area contributed by atoms with Gasteiger partial charge in [0, 0.05) is 6.42 Å². The van der Waals surface area contributed by atoms with Crippen molar-refractivity contribution in [3.05, 3.63) is 36.3 Å². The van der Waals surface area contributed by atoms with Gasteiger partial charge < -0.3 is 14.6 Å². The van der Waals surface area contributed by atoms with Crippen molar-refractivity contribution in [3.63, 3.8) is 0 Å². The van der Waals surface area contributed by atoms with Gasteiger partial charge in [0.25, 0.3) is 0 Å². The van der Waals surface area contributed by atoms with Gasteiger partial charge in [-0.3, -0.25) is 0 Å². The van der Waals surface area contributed by atoms with Gasteiger partial charge in [0.15, 0.2) is 11.5 Å². The summed E-state index contributed by atoms with van der Waals surface area (Å²) in [6.45, 7) is 0.0668. The molecule has 1 aromatic rings. The van der Waals surface area contributed by atoms with Crippen LogP contribution in [-0.4, -0.2) is 11.7 Å². The van der Waals surface area contributed by atoms with Crippen LogP contribution in [0.5, 0.6) is 11.5 Å². The van der Waals surface area contributed by atoms with E-state index in [2.05, 4.69) is 0 Å². The van der Waals surface area contributed by atoms with Gasteiger partial charge in [-0.1, -0.05) is 12.1 Å². The molecular weight excluding hydrogens is 168 g/mol. The maximum atomic E-state index is 8.69. The number of rotatable bonds is 2. The van der Waals surface area contributed by atoms with Crippen LogP contribution in [0.25, 0.3) is 0 Å². The molecule has 0 aromatic heterocycles. The lowest BCUT2D eigenvalue weighted by molar-refractivity contribution is 0.253. The minimum absolute atomic E-state index is 0.0668. The maximum absolute atomic E-state index is 8.69. The lowest BCUT2D eigenvalue weighted by atomic mass is 10.3. The van der Waals surface area contributed by atoms with Crippen LogP contribution in [0.2, 0.25) is 0 Å². The zero-order chi connectivity index (χ0) is 9.10. The van der Waals surface area contributed by atoms with Crippen molar-refractivity contribution in [2.24, 2.45) is 0 Å². The molecule has 1 N–H and O–H groups in total. The highest BCUT2D eigenvalue weighted by Crippen LogP contribution is 2.32. The first-order valence-electron chi connectivity index (χ1n) is 4.13. The predicted octanol–water partition coefficient (Wildman–Crippen LogP) is 1.68. The molecule has 0 unspecified atom stereocenters. The van der Waals surface area contributed by atoms with E-state index < -0.39 is 0 Å². The van der Waals surface area contributed by atoms with Gasteiger partial charge in [0.2, 0.25) is 0 Å². The van der Waals surface area contributed by atoms with Crippen LogP contribution in [0, 0.1) is 0 Å². The maximum Gasteiger partial charge on any atom is 0.169 e. The lowest BCUT2D eigenvalue weighted by Crippen LogP contribution is -2.05. The van der Waals surface area contributed by atoms with Crippen molar-refractivity contribution in [3.8, 4) is 11.5 Å². The van der Waals surface area contributed by atoms with Crippen LogP contribution in [0.1, 0.15) is 6.42 Å². The third-order valence-electron chi connectivity index (χ3n) is 1.77. The van der Waals surface area contributed by atoms with Crippen molar-refractivity contribution < 1.29 is 14.6 Å². The number of para-hydroxylation sites is 2. The van der Waals surface area contributed by atoms with Crippen molar-refractivity contribution >= 4 is 0 Å². The Bertz CT molecular complexity index is 331. The summed E-state index contributed by atoms with van der Waals surface area (Å²) in [5, 5.41) is 8.69. The van der Waals surface area contributed by atoms with Crippen LogP contribution in [0.15, 0.2) is 36.3 Å². The second-order valence-electron chi connectivity index (χ2n) is 2.72. The van der Waals surface area contributed by atoms with E-state index in [1.165, 1.54) is 6.26 Å². The van der Waals surface area contributed by atoms with Gasteiger partial charge in [-0.15, -0.1) is 0 Å². The third kappa shape index (κ3) is 1.65. The molecule has 0 saturated carbocycles. The third-order valence-corrected chi connectivity index (χ3v) is 1.77. The average molecular weight is 178 g/mol. The number of hydrogen-bond acceptors (Lipinski definition) is 3. The van der Waals surface area contributed by atoms with Crippen LogP contribution >= 0.6 is 0 Å². The number of fused-ring (bicyclic) bond motifs is 1. The molecule has 0 atom stereocenters. The highest BCUT2D eigenvalue weighted by Gasteiger charge is 2.12. The fourth-order valence-corrected chi connectivity index (χ4v) is 1.15. The smallest absolute Gasteiger partial charge is 0.169 e. The monoisotopic (exact) mass is 178 g/mol. The summed E-state index contributed by atoms with van der Waals surface area (Å²) in [5.41, 5.74) is 0. The fraction of sp³-hybridized carbons (Fsp3) is 0.200. The molecular formula is C10H10O3. The van der Waals surface area contributed by atoms with Crippen molar-refractivity contribution in [1.82, 2.24) is 0 Å². The Morgan fingerprint density at radius 3 is 2.69 bits per heavy atom. The van der Waals surface area contributed by atoms with Crippen molar-refractivity contribution in [1.29, 1.82) is 0 Å². The molecule has 1 heterocycles. The zero-order valence-electron chi connectivity index (χ0n) is 7.06. The summed E-state index contributed by atoms with van der Waals surface area (Å²) >= 11 is 0. The molecule has 3 nitrogen and oxygen atoms in total. The summed E-state index contributed by atoms with van der Waals surface area (Å²) in [6, 6.07) is 7.43. The van der Waals surface area contributed by atoms with Crippen LogP contribution < -0.4 is 9.47 Å². The highest BCUT2D eigenvalue weighted by molar-refractivity contribution is 5.42. The molecule has 0 bridgehead atoms. The Morgan fingerprint density at radius 1 is 1.15 bits per heavy atom. The largest absolute Gasteiger partial charge is 0.458 e. The topological polar surface area (TPSA) is 38.7 Å². The van der Waals surface area contributed by atoms with Crippen molar-refractivity contribution in [2.75, 3.05) is 6.61 Å². The summed E-state index contributed by atoms with van der Waals surface area (Å²) in [6.07, 6.45) is 2.01. The molecule has 1 aliphatic rings. The molecule has 1 aliphatic heterocycles. The molecule has 0 aliphatic carbocycles. The Kier molecular flexibility index (Phi) is 2.19. The standard InChI is InChI=1S/C10H10O3/c11-6-5-8-7-12-9-3-1-2-4-10(9)13-8/h1-4,7,11H,5-6H2. The average Bonchev–Trinajstić information content (AvgIpc) is 2.18. The summed E-state index contributed by atoms with van der Waals surface area (Å²) in [7, 11) is 0. The molecule has 0 fully saturated rings. The molecule has 1 aromatic carbocycles. The Morgan fingerprint density at radius 2 is 1.92 bits per heavy atom. The van der Waals surface area contributed by atoms with Gasteiger partial charge in [0.05, 0.1) is 6.61 Å². The van der Waals surface area contributed by atoms with E-state index >= 15 is 0 Å². The van der Waals surface area contributed by atoms with Gasteiger partial charge >= 0.3 is 0 Å². The molecule has 68 valence electrons. The van der Waals surface area contributed by atoms with E-state index in [1.54, 1.807) is 0 Å². The van der Waals surface area contributed by atoms with E-state index in [-0.39, 0.29) is 6.61 Å². The predicted molar refractivity (Wildman–Crippen MR) is 47.5 cm³/mol. The number of aliphatic hydroxyl groups excluding tert-OH is 1. The van der Waals surface area contributed by atoms with Gasteiger partial charge in [0.1, 0.15) is 12.0 Å². The molecule has 0 amide bonds. The second-order valence-corrected chi connectivity index (χ2v) is 2.72. The molecule has 0 saturated heterocycles.